The van der Waals surface area contributed by atoms with E-state index in [0.29, 0.717) is 5.92 Å². The van der Waals surface area contributed by atoms with E-state index in [1.165, 1.54) is 0 Å². The highest BCUT2D eigenvalue weighted by molar-refractivity contribution is 6.37. The van der Waals surface area contributed by atoms with E-state index in [9.17, 15) is 9.59 Å². The minimum Gasteiger partial charge on any atom is -0.475 e. The zero-order chi connectivity index (χ0) is 9.56. The predicted molar refractivity (Wildman–Crippen MR) is 45.9 cm³/mol. The molecule has 0 aliphatic carbocycles. The number of ketones is 1. The maximum absolute atomic E-state index is 10.6. The summed E-state index contributed by atoms with van der Waals surface area (Å²) in [5.41, 5.74) is 0. The summed E-state index contributed by atoms with van der Waals surface area (Å²) in [6, 6.07) is 0. The molecule has 0 saturated heterocycles. The van der Waals surface area contributed by atoms with Gasteiger partial charge in [-0.05, 0) is 24.8 Å². The molecule has 1 N–H and O–H groups in total. The maximum Gasteiger partial charge on any atom is 0.376 e. The van der Waals surface area contributed by atoms with E-state index in [-0.39, 0.29) is 0 Å². The SMILES string of the molecule is CCC(/C=C/C(=O)C(=O)O)CC. The second-order valence-electron chi connectivity index (χ2n) is 2.61. The van der Waals surface area contributed by atoms with Crippen LogP contribution in [0.5, 0.6) is 0 Å². The van der Waals surface area contributed by atoms with E-state index in [1.54, 1.807) is 6.08 Å². The zero-order valence-corrected chi connectivity index (χ0v) is 7.41. The summed E-state index contributed by atoms with van der Waals surface area (Å²) in [5, 5.41) is 8.24. The Morgan fingerprint density at radius 1 is 1.33 bits per heavy atom. The van der Waals surface area contributed by atoms with Gasteiger partial charge in [0, 0.05) is 0 Å². The number of carbonyl (C=O) groups is 2. The molecule has 68 valence electrons. The first kappa shape index (κ1) is 10.9. The normalized spacial score (nSPS) is 10.9. The van der Waals surface area contributed by atoms with Crippen molar-refractivity contribution in [3.63, 3.8) is 0 Å². The Balaban J connectivity index is 4.04. The lowest BCUT2D eigenvalue weighted by Gasteiger charge is -2.03. The van der Waals surface area contributed by atoms with Crippen molar-refractivity contribution in [2.75, 3.05) is 0 Å². The Morgan fingerprint density at radius 3 is 2.17 bits per heavy atom. The Labute approximate surface area is 72.1 Å². The summed E-state index contributed by atoms with van der Waals surface area (Å²) in [7, 11) is 0. The van der Waals surface area contributed by atoms with Crippen molar-refractivity contribution in [2.45, 2.75) is 26.7 Å². The van der Waals surface area contributed by atoms with Crippen LogP contribution in [0.15, 0.2) is 12.2 Å². The maximum atomic E-state index is 10.6. The summed E-state index contributed by atoms with van der Waals surface area (Å²) in [5.74, 6) is -1.92. The number of aliphatic carboxylic acids is 1. The molecule has 0 aromatic carbocycles. The Morgan fingerprint density at radius 2 is 1.83 bits per heavy atom. The lowest BCUT2D eigenvalue weighted by Crippen LogP contribution is -2.09. The van der Waals surface area contributed by atoms with Crippen molar-refractivity contribution in [1.29, 1.82) is 0 Å². The van der Waals surface area contributed by atoms with Crippen LogP contribution in [-0.2, 0) is 9.59 Å². The summed E-state index contributed by atoms with van der Waals surface area (Å²) >= 11 is 0. The second-order valence-corrected chi connectivity index (χ2v) is 2.61. The topological polar surface area (TPSA) is 54.4 Å². The van der Waals surface area contributed by atoms with Crippen LogP contribution in [0.4, 0.5) is 0 Å². The van der Waals surface area contributed by atoms with Crippen LogP contribution in [-0.4, -0.2) is 16.9 Å². The third-order valence-electron chi connectivity index (χ3n) is 1.78. The van der Waals surface area contributed by atoms with Gasteiger partial charge >= 0.3 is 5.97 Å². The van der Waals surface area contributed by atoms with Gasteiger partial charge in [0.2, 0.25) is 0 Å². The van der Waals surface area contributed by atoms with Crippen LogP contribution >= 0.6 is 0 Å². The standard InChI is InChI=1S/C9H14O3/c1-3-7(4-2)5-6-8(10)9(11)12/h5-7H,3-4H2,1-2H3,(H,11,12)/b6-5+. The summed E-state index contributed by atoms with van der Waals surface area (Å²) in [4.78, 5) is 20.7. The molecule has 0 aromatic heterocycles. The van der Waals surface area contributed by atoms with Crippen LogP contribution in [0.25, 0.3) is 0 Å². The Hall–Kier alpha value is -1.12. The number of hydrogen-bond donors (Lipinski definition) is 1. The average Bonchev–Trinajstić information content (AvgIpc) is 2.05. The van der Waals surface area contributed by atoms with Gasteiger partial charge in [-0.1, -0.05) is 19.9 Å². The van der Waals surface area contributed by atoms with Crippen molar-refractivity contribution in [3.05, 3.63) is 12.2 Å². The zero-order valence-electron chi connectivity index (χ0n) is 7.41. The van der Waals surface area contributed by atoms with Gasteiger partial charge in [0.05, 0.1) is 0 Å². The fourth-order valence-electron chi connectivity index (χ4n) is 0.856. The lowest BCUT2D eigenvalue weighted by molar-refractivity contribution is -0.146. The van der Waals surface area contributed by atoms with E-state index >= 15 is 0 Å². The van der Waals surface area contributed by atoms with Crippen LogP contribution in [0.1, 0.15) is 26.7 Å². The number of carboxylic acids is 1. The van der Waals surface area contributed by atoms with Crippen molar-refractivity contribution >= 4 is 11.8 Å². The largest absolute Gasteiger partial charge is 0.475 e. The number of carbonyl (C=O) groups excluding carboxylic acids is 1. The molecule has 0 bridgehead atoms. The summed E-state index contributed by atoms with van der Waals surface area (Å²) in [6.45, 7) is 4.01. The average molecular weight is 170 g/mol. The molecule has 0 unspecified atom stereocenters. The molecule has 0 heterocycles. The highest BCUT2D eigenvalue weighted by Gasteiger charge is 2.06. The van der Waals surface area contributed by atoms with Crippen LogP contribution in [0.2, 0.25) is 0 Å². The minimum absolute atomic E-state index is 0.313. The molecular weight excluding hydrogens is 156 g/mol. The van der Waals surface area contributed by atoms with Crippen molar-refractivity contribution < 1.29 is 14.7 Å². The van der Waals surface area contributed by atoms with Crippen molar-refractivity contribution in [2.24, 2.45) is 5.92 Å². The summed E-state index contributed by atoms with van der Waals surface area (Å²) in [6.07, 6.45) is 4.66. The third kappa shape index (κ3) is 3.91. The van der Waals surface area contributed by atoms with Crippen LogP contribution in [0.3, 0.4) is 0 Å². The monoisotopic (exact) mass is 170 g/mol. The lowest BCUT2D eigenvalue weighted by atomic mass is 10.0. The van der Waals surface area contributed by atoms with E-state index < -0.39 is 11.8 Å². The molecule has 0 aliphatic rings. The first-order valence-electron chi connectivity index (χ1n) is 4.07. The Bertz CT molecular complexity index is 190. The van der Waals surface area contributed by atoms with Gasteiger partial charge in [0.1, 0.15) is 0 Å². The first-order valence-corrected chi connectivity index (χ1v) is 4.07. The highest BCUT2D eigenvalue weighted by atomic mass is 16.4. The molecule has 3 nitrogen and oxygen atoms in total. The number of carboxylic acid groups (broad SMARTS) is 1. The van der Waals surface area contributed by atoms with E-state index in [4.69, 9.17) is 5.11 Å². The smallest absolute Gasteiger partial charge is 0.376 e. The molecule has 0 atom stereocenters. The molecule has 0 amide bonds. The summed E-state index contributed by atoms with van der Waals surface area (Å²) < 4.78 is 0. The molecule has 0 aliphatic heterocycles. The molecular formula is C9H14O3. The van der Waals surface area contributed by atoms with Crippen molar-refractivity contribution in [3.8, 4) is 0 Å². The molecule has 0 radical (unpaired) electrons. The van der Waals surface area contributed by atoms with Gasteiger partial charge < -0.3 is 5.11 Å². The number of hydrogen-bond acceptors (Lipinski definition) is 2. The Kier molecular flexibility index (Phi) is 5.00. The van der Waals surface area contributed by atoms with E-state index in [0.717, 1.165) is 18.9 Å². The third-order valence-corrected chi connectivity index (χ3v) is 1.78. The van der Waals surface area contributed by atoms with Crippen LogP contribution < -0.4 is 0 Å². The predicted octanol–water partition coefficient (Wildman–Crippen LogP) is 1.63. The fourth-order valence-corrected chi connectivity index (χ4v) is 0.856. The number of allylic oxidation sites excluding steroid dienone is 1. The minimum atomic E-state index is -1.39. The highest BCUT2D eigenvalue weighted by Crippen LogP contribution is 2.08. The van der Waals surface area contributed by atoms with Gasteiger partial charge in [0.25, 0.3) is 5.78 Å². The fraction of sp³-hybridized carbons (Fsp3) is 0.556. The quantitative estimate of drug-likeness (QED) is 0.504. The molecule has 12 heavy (non-hydrogen) atoms. The molecule has 0 aromatic rings. The van der Waals surface area contributed by atoms with Gasteiger partial charge in [0.15, 0.2) is 0 Å². The van der Waals surface area contributed by atoms with Gasteiger partial charge in [-0.25, -0.2) is 4.79 Å². The molecule has 0 spiro atoms. The van der Waals surface area contributed by atoms with Gasteiger partial charge in [-0.15, -0.1) is 0 Å². The van der Waals surface area contributed by atoms with Gasteiger partial charge in [-0.2, -0.15) is 0 Å². The van der Waals surface area contributed by atoms with E-state index in [2.05, 4.69) is 0 Å². The first-order chi connectivity index (χ1) is 5.61. The second kappa shape index (κ2) is 5.52. The van der Waals surface area contributed by atoms with Crippen LogP contribution in [0, 0.1) is 5.92 Å². The molecule has 0 saturated carbocycles. The molecule has 0 rings (SSSR count). The number of rotatable bonds is 5. The molecule has 0 fully saturated rings. The van der Waals surface area contributed by atoms with Crippen molar-refractivity contribution in [1.82, 2.24) is 0 Å². The van der Waals surface area contributed by atoms with Gasteiger partial charge in [-0.3, -0.25) is 4.79 Å². The van der Waals surface area contributed by atoms with E-state index in [1.807, 2.05) is 13.8 Å². The molecule has 3 heteroatoms.